The van der Waals surface area contributed by atoms with Gasteiger partial charge in [-0.25, -0.2) is 4.79 Å². The quantitative estimate of drug-likeness (QED) is 0.422. The summed E-state index contributed by atoms with van der Waals surface area (Å²) in [5.41, 5.74) is 2.03. The summed E-state index contributed by atoms with van der Waals surface area (Å²) < 4.78 is 5.32. The zero-order valence-corrected chi connectivity index (χ0v) is 23.5. The van der Waals surface area contributed by atoms with Gasteiger partial charge < -0.3 is 30.5 Å². The lowest BCUT2D eigenvalue weighted by molar-refractivity contribution is -0.143. The molecule has 40 heavy (non-hydrogen) atoms. The van der Waals surface area contributed by atoms with Crippen molar-refractivity contribution in [3.8, 4) is 0 Å². The van der Waals surface area contributed by atoms with Crippen LogP contribution in [0.2, 0.25) is 0 Å². The summed E-state index contributed by atoms with van der Waals surface area (Å²) in [6.07, 6.45) is 6.17. The Hall–Kier alpha value is -3.40. The molecule has 0 spiro atoms. The van der Waals surface area contributed by atoms with E-state index in [9.17, 15) is 19.2 Å². The van der Waals surface area contributed by atoms with Crippen molar-refractivity contribution in [2.24, 2.45) is 0 Å². The highest BCUT2D eigenvalue weighted by Gasteiger charge is 2.45. The summed E-state index contributed by atoms with van der Waals surface area (Å²) in [6.45, 7) is 6.83. The molecule has 0 saturated carbocycles. The van der Waals surface area contributed by atoms with Gasteiger partial charge in [0.25, 0.3) is 5.91 Å². The van der Waals surface area contributed by atoms with E-state index in [0.717, 1.165) is 36.9 Å². The Bertz CT molecular complexity index is 1170. The monoisotopic (exact) mass is 551 g/mol. The highest BCUT2D eigenvalue weighted by molar-refractivity contribution is 5.97. The molecule has 2 bridgehead atoms. The molecule has 6 atom stereocenters. The van der Waals surface area contributed by atoms with Crippen LogP contribution in [0.5, 0.6) is 0 Å². The third-order valence-electron chi connectivity index (χ3n) is 8.96. The number of benzene rings is 1. The summed E-state index contributed by atoms with van der Waals surface area (Å²) in [5, 5.41) is 9.49. The van der Waals surface area contributed by atoms with Gasteiger partial charge in [0.2, 0.25) is 11.8 Å². The number of likely N-dealkylation sites (tertiary alicyclic amines) is 1. The van der Waals surface area contributed by atoms with Crippen LogP contribution in [0.25, 0.3) is 0 Å². The number of rotatable bonds is 8. The van der Waals surface area contributed by atoms with Crippen molar-refractivity contribution < 1.29 is 23.9 Å². The second kappa shape index (κ2) is 12.0. The number of carbonyl (C=O) groups is 4. The summed E-state index contributed by atoms with van der Waals surface area (Å²) >= 11 is 0. The Morgan fingerprint density at radius 2 is 1.93 bits per heavy atom. The van der Waals surface area contributed by atoms with Gasteiger partial charge in [-0.3, -0.25) is 14.4 Å². The van der Waals surface area contributed by atoms with Gasteiger partial charge in [-0.2, -0.15) is 0 Å². The van der Waals surface area contributed by atoms with Crippen LogP contribution < -0.4 is 16.0 Å². The molecule has 10 nitrogen and oxygen atoms in total. The van der Waals surface area contributed by atoms with E-state index in [2.05, 4.69) is 22.5 Å². The normalized spacial score (nSPS) is 28.7. The standard InChI is InChI=1S/C30H41N5O5/c1-18(31-3)19(2)33-24-10-5-4-9-22-11-12-25(35(22)29(24)38)27(36)32-17-20-7-6-8-21(15-20)28(37)34-14-13-23-16-26(34)30(39)40-23/h6-8,15,18,22-26,31,33H,2,4-5,9-14,16-17H2,1,3H3,(H,32,36)/t18-,22-,23?,24-,25-,26?/m0/s1. The SMILES string of the molecule is C=C(N[C@H]1CCCC[C@H]2CC[C@@H](C(=O)NCc3cccc(C(=O)N4CCC5CC4C(=O)O5)c3)N2C1=O)[C@H](C)NC. The van der Waals surface area contributed by atoms with Crippen LogP contribution in [-0.2, 0) is 25.7 Å². The molecule has 10 heteroatoms. The second-order valence-electron chi connectivity index (χ2n) is 11.5. The number of fused-ring (bicyclic) bond motifs is 3. The third-order valence-corrected chi connectivity index (χ3v) is 8.96. The molecular weight excluding hydrogens is 510 g/mol. The topological polar surface area (TPSA) is 120 Å². The van der Waals surface area contributed by atoms with E-state index in [1.807, 2.05) is 24.9 Å². The van der Waals surface area contributed by atoms with Crippen LogP contribution >= 0.6 is 0 Å². The number of amides is 3. The molecule has 0 aliphatic carbocycles. The van der Waals surface area contributed by atoms with E-state index in [-0.39, 0.29) is 48.4 Å². The zero-order chi connectivity index (χ0) is 28.4. The number of piperidine rings is 1. The molecule has 0 radical (unpaired) electrons. The number of hydrogen-bond donors (Lipinski definition) is 3. The average Bonchev–Trinajstić information content (AvgIpc) is 3.51. The van der Waals surface area contributed by atoms with Crippen molar-refractivity contribution >= 4 is 23.7 Å². The van der Waals surface area contributed by atoms with E-state index in [0.29, 0.717) is 37.8 Å². The number of carbonyl (C=O) groups excluding carboxylic acids is 4. The van der Waals surface area contributed by atoms with Crippen LogP contribution in [0.3, 0.4) is 0 Å². The van der Waals surface area contributed by atoms with Gasteiger partial charge in [0, 0.05) is 49.3 Å². The number of nitrogens with one attached hydrogen (secondary N) is 3. The van der Waals surface area contributed by atoms with Gasteiger partial charge in [0.05, 0.1) is 0 Å². The first-order valence-electron chi connectivity index (χ1n) is 14.6. The Labute approximate surface area is 235 Å². The molecule has 3 amide bonds. The van der Waals surface area contributed by atoms with Gasteiger partial charge >= 0.3 is 5.97 Å². The Kier molecular flexibility index (Phi) is 8.44. The first-order valence-corrected chi connectivity index (χ1v) is 14.6. The highest BCUT2D eigenvalue weighted by atomic mass is 16.6. The minimum absolute atomic E-state index is 0.0215. The lowest BCUT2D eigenvalue weighted by Gasteiger charge is -2.36. The Morgan fingerprint density at radius 3 is 2.73 bits per heavy atom. The molecule has 4 aliphatic heterocycles. The maximum atomic E-state index is 13.7. The maximum absolute atomic E-state index is 13.7. The van der Waals surface area contributed by atoms with E-state index in [4.69, 9.17) is 4.74 Å². The van der Waals surface area contributed by atoms with E-state index in [1.165, 1.54) is 0 Å². The average molecular weight is 552 g/mol. The molecule has 1 aromatic carbocycles. The predicted molar refractivity (Wildman–Crippen MR) is 149 cm³/mol. The largest absolute Gasteiger partial charge is 0.461 e. The molecule has 4 saturated heterocycles. The predicted octanol–water partition coefficient (Wildman–Crippen LogP) is 1.85. The van der Waals surface area contributed by atoms with E-state index >= 15 is 0 Å². The maximum Gasteiger partial charge on any atom is 0.329 e. The van der Waals surface area contributed by atoms with Crippen LogP contribution in [0.1, 0.15) is 74.2 Å². The third kappa shape index (κ3) is 5.73. The van der Waals surface area contributed by atoms with Gasteiger partial charge in [-0.1, -0.05) is 31.6 Å². The smallest absolute Gasteiger partial charge is 0.329 e. The first kappa shape index (κ1) is 28.1. The summed E-state index contributed by atoms with van der Waals surface area (Å²) in [6, 6.07) is 5.80. The summed E-state index contributed by atoms with van der Waals surface area (Å²) in [4.78, 5) is 55.9. The van der Waals surface area contributed by atoms with Crippen LogP contribution in [-0.4, -0.2) is 83.4 Å². The molecule has 1 aromatic rings. The van der Waals surface area contributed by atoms with E-state index in [1.54, 1.807) is 23.1 Å². The van der Waals surface area contributed by atoms with Crippen LogP contribution in [0, 0.1) is 0 Å². The van der Waals surface area contributed by atoms with Gasteiger partial charge in [-0.15, -0.1) is 0 Å². The molecule has 4 aliphatic rings. The van der Waals surface area contributed by atoms with Crippen molar-refractivity contribution in [1.82, 2.24) is 25.8 Å². The minimum Gasteiger partial charge on any atom is -0.461 e. The Balaban J connectivity index is 1.23. The first-order chi connectivity index (χ1) is 19.3. The molecule has 5 rings (SSSR count). The number of hydrogen-bond acceptors (Lipinski definition) is 7. The molecular formula is C30H41N5O5. The summed E-state index contributed by atoms with van der Waals surface area (Å²) in [5.74, 6) is -0.738. The number of esters is 1. The van der Waals surface area contributed by atoms with Crippen LogP contribution in [0.15, 0.2) is 36.5 Å². The molecule has 3 N–H and O–H groups in total. The van der Waals surface area contributed by atoms with Gasteiger partial charge in [0.15, 0.2) is 0 Å². The fourth-order valence-corrected chi connectivity index (χ4v) is 6.48. The fraction of sp³-hybridized carbons (Fsp3) is 0.600. The van der Waals surface area contributed by atoms with Crippen molar-refractivity contribution in [1.29, 1.82) is 0 Å². The lowest BCUT2D eigenvalue weighted by atomic mass is 9.98. The van der Waals surface area contributed by atoms with Crippen LogP contribution in [0.4, 0.5) is 0 Å². The molecule has 2 unspecified atom stereocenters. The zero-order valence-electron chi connectivity index (χ0n) is 23.5. The molecule has 4 heterocycles. The molecule has 0 aromatic heterocycles. The molecule has 4 fully saturated rings. The number of ether oxygens (including phenoxy) is 1. The van der Waals surface area contributed by atoms with Gasteiger partial charge in [0.1, 0.15) is 24.2 Å². The van der Waals surface area contributed by atoms with Crippen molar-refractivity contribution in [2.45, 2.75) is 101 Å². The molecule has 216 valence electrons. The van der Waals surface area contributed by atoms with Crippen molar-refractivity contribution in [2.75, 3.05) is 13.6 Å². The van der Waals surface area contributed by atoms with Gasteiger partial charge in [-0.05, 0) is 57.4 Å². The van der Waals surface area contributed by atoms with E-state index < -0.39 is 18.1 Å². The number of likely N-dealkylation sites (N-methyl/N-ethyl adjacent to an activating group) is 1. The summed E-state index contributed by atoms with van der Waals surface area (Å²) in [7, 11) is 1.85. The second-order valence-corrected chi connectivity index (χ2v) is 11.5. The van der Waals surface area contributed by atoms with Crippen molar-refractivity contribution in [3.05, 3.63) is 47.7 Å². The minimum atomic E-state index is -0.519. The van der Waals surface area contributed by atoms with Crippen molar-refractivity contribution in [3.63, 3.8) is 0 Å². The fourth-order valence-electron chi connectivity index (χ4n) is 6.48. The Morgan fingerprint density at radius 1 is 1.12 bits per heavy atom. The lowest BCUT2D eigenvalue weighted by Crippen LogP contribution is -2.56. The highest BCUT2D eigenvalue weighted by Crippen LogP contribution is 2.32. The number of nitrogens with zero attached hydrogens (tertiary/aromatic N) is 2.